The Hall–Kier alpha value is -1.44. The molecule has 146 valence electrons. The van der Waals surface area contributed by atoms with Gasteiger partial charge in [-0.2, -0.15) is 0 Å². The van der Waals surface area contributed by atoms with Crippen LogP contribution in [0.25, 0.3) is 0 Å². The van der Waals surface area contributed by atoms with Crippen LogP contribution in [0.2, 0.25) is 0 Å². The third kappa shape index (κ3) is 11.8. The number of unbranched alkanes of at least 4 members (excludes halogenated alkanes) is 4. The van der Waals surface area contributed by atoms with E-state index < -0.39 is 36.2 Å². The summed E-state index contributed by atoms with van der Waals surface area (Å²) in [5.74, 6) is -4.07. The summed E-state index contributed by atoms with van der Waals surface area (Å²) in [5.41, 5.74) is 0. The first-order chi connectivity index (χ1) is 12.4. The average molecular weight is 389 g/mol. The molecule has 7 nitrogen and oxygen atoms in total. The molecule has 0 heterocycles. The van der Waals surface area contributed by atoms with Crippen molar-refractivity contribution in [2.24, 2.45) is 0 Å². The van der Waals surface area contributed by atoms with Crippen LogP contribution in [0.4, 0.5) is 0 Å². The second-order valence-corrected chi connectivity index (χ2v) is 5.75. The van der Waals surface area contributed by atoms with Gasteiger partial charge in [0.15, 0.2) is 0 Å². The van der Waals surface area contributed by atoms with Crippen LogP contribution >= 0.6 is 0 Å². The molecule has 1 unspecified atom stereocenters. The van der Waals surface area contributed by atoms with Crippen molar-refractivity contribution in [2.75, 3.05) is 7.11 Å². The van der Waals surface area contributed by atoms with E-state index >= 15 is 0 Å². The molecule has 0 fully saturated rings. The first-order valence-electron chi connectivity index (χ1n) is 8.86. The Labute approximate surface area is 183 Å². The first kappa shape index (κ1) is 27.8. The number of carboxylic acids is 1. The number of aliphatic carboxylic acids is 1. The van der Waals surface area contributed by atoms with Crippen LogP contribution in [0, 0.1) is 0 Å². The molecule has 0 N–H and O–H groups in total. The van der Waals surface area contributed by atoms with E-state index in [0.717, 1.165) is 32.8 Å². The Bertz CT molecular complexity index is 514. The summed E-state index contributed by atoms with van der Waals surface area (Å²) in [7, 11) is 1.06. The molecule has 0 aromatic carbocycles. The molecule has 0 saturated carbocycles. The van der Waals surface area contributed by atoms with Crippen molar-refractivity contribution in [1.29, 1.82) is 0 Å². The van der Waals surface area contributed by atoms with Gasteiger partial charge >= 0.3 is 35.5 Å². The summed E-state index contributed by atoms with van der Waals surface area (Å²) in [4.78, 5) is 48.4. The van der Waals surface area contributed by atoms with Gasteiger partial charge in [-0.15, -0.1) is 0 Å². The summed E-state index contributed by atoms with van der Waals surface area (Å²) in [6.45, 7) is 4.00. The Morgan fingerprint density at radius 3 is 1.74 bits per heavy atom. The topological polar surface area (TPSA) is 104 Å². The number of carboxylic acid groups (broad SMARTS) is 1. The molecule has 0 saturated heterocycles. The number of allylic oxidation sites excluding steroid dienone is 2. The van der Waals surface area contributed by atoms with Crippen molar-refractivity contribution in [2.45, 2.75) is 64.8 Å². The average Bonchev–Trinajstić information content (AvgIpc) is 2.60. The van der Waals surface area contributed by atoms with Gasteiger partial charge in [0.2, 0.25) is 0 Å². The number of carbonyl (C=O) groups excluding carboxylic acids is 4. The molecule has 0 bridgehead atoms. The fraction of sp³-hybridized carbons (Fsp3) is 0.579. The number of amides is 2. The van der Waals surface area contributed by atoms with Crippen molar-refractivity contribution in [3.05, 3.63) is 24.3 Å². The number of ether oxygens (including phenoxy) is 1. The van der Waals surface area contributed by atoms with Crippen LogP contribution in [0.3, 0.4) is 0 Å². The molecule has 2 amide bonds. The minimum absolute atomic E-state index is 0. The predicted molar refractivity (Wildman–Crippen MR) is 94.6 cm³/mol. The zero-order chi connectivity index (χ0) is 19.9. The fourth-order valence-corrected chi connectivity index (χ4v) is 2.16. The first-order valence-corrected chi connectivity index (χ1v) is 8.86. The molecule has 8 heteroatoms. The van der Waals surface area contributed by atoms with Gasteiger partial charge in [-0.25, -0.2) is 4.79 Å². The van der Waals surface area contributed by atoms with Crippen LogP contribution < -0.4 is 34.7 Å². The van der Waals surface area contributed by atoms with E-state index in [9.17, 15) is 24.3 Å². The zero-order valence-corrected chi connectivity index (χ0v) is 18.7. The van der Waals surface area contributed by atoms with Crippen molar-refractivity contribution in [3.8, 4) is 0 Å². The largest absolute Gasteiger partial charge is 1.00 e. The summed E-state index contributed by atoms with van der Waals surface area (Å²) in [6.07, 6.45) is 9.63. The Kier molecular flexibility index (Phi) is 17.2. The number of methoxy groups -OCH3 is 1. The third-order valence-electron chi connectivity index (χ3n) is 3.59. The van der Waals surface area contributed by atoms with Gasteiger partial charge in [-0.05, 0) is 25.0 Å². The van der Waals surface area contributed by atoms with Crippen LogP contribution in [0.15, 0.2) is 24.3 Å². The van der Waals surface area contributed by atoms with Gasteiger partial charge in [0.25, 0.3) is 11.8 Å². The van der Waals surface area contributed by atoms with Gasteiger partial charge in [-0.3, -0.25) is 14.5 Å². The molecular weight excluding hydrogens is 361 g/mol. The van der Waals surface area contributed by atoms with Crippen LogP contribution in [-0.4, -0.2) is 41.8 Å². The van der Waals surface area contributed by atoms with E-state index in [2.05, 4.69) is 4.74 Å². The minimum Gasteiger partial charge on any atom is -0.550 e. The quantitative estimate of drug-likeness (QED) is 0.175. The van der Waals surface area contributed by atoms with Crippen molar-refractivity contribution < 1.29 is 58.6 Å². The number of carbonyl (C=O) groups is 4. The maximum absolute atomic E-state index is 12.4. The maximum Gasteiger partial charge on any atom is 1.00 e. The summed E-state index contributed by atoms with van der Waals surface area (Å²) in [6, 6.07) is -1.57. The fourth-order valence-electron chi connectivity index (χ4n) is 2.16. The molecule has 27 heavy (non-hydrogen) atoms. The summed E-state index contributed by atoms with van der Waals surface area (Å²) >= 11 is 0. The van der Waals surface area contributed by atoms with Gasteiger partial charge < -0.3 is 14.6 Å². The van der Waals surface area contributed by atoms with E-state index in [0.29, 0.717) is 17.7 Å². The molecular formula is C19H28NNaO6. The van der Waals surface area contributed by atoms with E-state index in [1.54, 1.807) is 12.2 Å². The number of imide groups is 1. The molecule has 0 aliphatic rings. The number of nitrogens with zero attached hydrogens (tertiary/aromatic N) is 1. The molecule has 0 spiro atoms. The zero-order valence-electron chi connectivity index (χ0n) is 16.7. The summed E-state index contributed by atoms with van der Waals surface area (Å²) < 4.78 is 4.56. The number of esters is 1. The minimum atomic E-state index is -1.57. The number of rotatable bonds is 12. The van der Waals surface area contributed by atoms with Crippen LogP contribution in [0.5, 0.6) is 0 Å². The van der Waals surface area contributed by atoms with Gasteiger partial charge in [0.1, 0.15) is 6.04 Å². The second-order valence-electron chi connectivity index (χ2n) is 5.75. The molecule has 0 rings (SSSR count). The Morgan fingerprint density at radius 2 is 1.41 bits per heavy atom. The van der Waals surface area contributed by atoms with Gasteiger partial charge in [-0.1, -0.05) is 51.7 Å². The van der Waals surface area contributed by atoms with Crippen LogP contribution in [-0.2, 0) is 23.9 Å². The maximum atomic E-state index is 12.4. The van der Waals surface area contributed by atoms with E-state index in [1.165, 1.54) is 12.2 Å². The normalized spacial score (nSPS) is 11.8. The van der Waals surface area contributed by atoms with Crippen molar-refractivity contribution >= 4 is 23.8 Å². The Balaban J connectivity index is 0. The molecule has 0 aromatic rings. The smallest absolute Gasteiger partial charge is 0.550 e. The predicted octanol–water partition coefficient (Wildman–Crippen LogP) is -1.48. The molecule has 0 radical (unpaired) electrons. The van der Waals surface area contributed by atoms with E-state index in [-0.39, 0.29) is 29.6 Å². The van der Waals surface area contributed by atoms with E-state index in [1.807, 2.05) is 13.8 Å². The SMILES string of the molecule is CCCC/C=C/C(=O)N(C(=O)/C=C/CCCC)C(CC(=O)[O-])C(=O)OC.[Na+]. The van der Waals surface area contributed by atoms with Crippen molar-refractivity contribution in [1.82, 2.24) is 4.90 Å². The van der Waals surface area contributed by atoms with Gasteiger partial charge in [0.05, 0.1) is 7.11 Å². The second kappa shape index (κ2) is 16.7. The molecule has 0 aliphatic heterocycles. The van der Waals surface area contributed by atoms with E-state index in [4.69, 9.17) is 0 Å². The summed E-state index contributed by atoms with van der Waals surface area (Å²) in [5, 5.41) is 11.0. The van der Waals surface area contributed by atoms with Gasteiger partial charge in [0, 0.05) is 12.4 Å². The third-order valence-corrected chi connectivity index (χ3v) is 3.59. The monoisotopic (exact) mass is 389 g/mol. The van der Waals surface area contributed by atoms with Crippen LogP contribution in [0.1, 0.15) is 58.8 Å². The molecule has 0 aromatic heterocycles. The molecule has 1 atom stereocenters. The molecule has 0 aliphatic carbocycles. The Morgan fingerprint density at radius 1 is 0.963 bits per heavy atom. The number of hydrogen-bond acceptors (Lipinski definition) is 6. The standard InChI is InChI=1S/C19H29NO6.Na/c1-4-6-8-10-12-16(21)20(17(22)13-11-9-7-5-2)15(14-18(23)24)19(25)26-3;/h10-13,15H,4-9,14H2,1-3H3,(H,23,24);/q;+1/p-1/b12-10+,13-11+;. The van der Waals surface area contributed by atoms with Crippen molar-refractivity contribution in [3.63, 3.8) is 0 Å². The number of hydrogen-bond donors (Lipinski definition) is 0.